The van der Waals surface area contributed by atoms with Crippen molar-refractivity contribution in [3.8, 4) is 11.1 Å². The lowest BCUT2D eigenvalue weighted by Gasteiger charge is -2.08. The van der Waals surface area contributed by atoms with Crippen molar-refractivity contribution in [2.24, 2.45) is 0 Å². The average molecular weight is 242 g/mol. The van der Waals surface area contributed by atoms with Crippen molar-refractivity contribution in [2.75, 3.05) is 0 Å². The second-order valence-electron chi connectivity index (χ2n) is 3.81. The molecule has 18 heavy (non-hydrogen) atoms. The first kappa shape index (κ1) is 14.2. The van der Waals surface area contributed by atoms with Gasteiger partial charge < -0.3 is 14.8 Å². The van der Waals surface area contributed by atoms with Crippen LogP contribution in [0.1, 0.15) is 5.56 Å². The summed E-state index contributed by atoms with van der Waals surface area (Å²) in [4.78, 5) is 8.00. The van der Waals surface area contributed by atoms with E-state index in [1.165, 1.54) is 0 Å². The molecule has 0 spiro atoms. The van der Waals surface area contributed by atoms with Crippen LogP contribution in [0.5, 0.6) is 0 Å². The molecule has 0 aliphatic heterocycles. The van der Waals surface area contributed by atoms with Crippen LogP contribution in [-0.2, 0) is 4.79 Å². The minimum Gasteiger partial charge on any atom is -0.423 e. The van der Waals surface area contributed by atoms with Crippen molar-refractivity contribution < 1.29 is 14.8 Å². The molecule has 2 N–H and O–H groups in total. The molecule has 0 saturated carbocycles. The van der Waals surface area contributed by atoms with E-state index in [4.69, 9.17) is 14.8 Å². The molecule has 3 nitrogen and oxygen atoms in total. The number of carbonyl (C=O) groups is 1. The number of aryl methyl sites for hydroxylation is 1. The molecular formula is C14H15BO3. The van der Waals surface area contributed by atoms with Gasteiger partial charge in [-0.2, -0.15) is 0 Å². The van der Waals surface area contributed by atoms with Gasteiger partial charge in [-0.3, -0.25) is 0 Å². The van der Waals surface area contributed by atoms with Gasteiger partial charge in [0.05, 0.1) is 0 Å². The van der Waals surface area contributed by atoms with E-state index in [-0.39, 0.29) is 0 Å². The fourth-order valence-corrected chi connectivity index (χ4v) is 1.79. The first-order valence-electron chi connectivity index (χ1n) is 5.49. The maximum Gasteiger partial charge on any atom is 0.488 e. The van der Waals surface area contributed by atoms with Crippen molar-refractivity contribution in [1.82, 2.24) is 0 Å². The smallest absolute Gasteiger partial charge is 0.423 e. The molecule has 0 unspecified atom stereocenters. The zero-order valence-corrected chi connectivity index (χ0v) is 10.2. The van der Waals surface area contributed by atoms with Gasteiger partial charge in [-0.1, -0.05) is 48.5 Å². The summed E-state index contributed by atoms with van der Waals surface area (Å²) < 4.78 is 0. The summed E-state index contributed by atoms with van der Waals surface area (Å²) in [6.45, 7) is 3.97. The fourth-order valence-electron chi connectivity index (χ4n) is 1.79. The van der Waals surface area contributed by atoms with Crippen molar-refractivity contribution >= 4 is 19.4 Å². The molecule has 0 radical (unpaired) electrons. The third-order valence-corrected chi connectivity index (χ3v) is 2.63. The maximum absolute atomic E-state index is 9.07. The van der Waals surface area contributed by atoms with Gasteiger partial charge in [0.15, 0.2) is 0 Å². The topological polar surface area (TPSA) is 57.5 Å². The summed E-state index contributed by atoms with van der Waals surface area (Å²) in [6.07, 6.45) is 0. The minimum atomic E-state index is -1.40. The normalized spacial score (nSPS) is 9.28. The molecule has 0 aliphatic carbocycles. The van der Waals surface area contributed by atoms with E-state index in [0.717, 1.165) is 16.7 Å². The van der Waals surface area contributed by atoms with Crippen LogP contribution in [0, 0.1) is 6.92 Å². The summed E-state index contributed by atoms with van der Waals surface area (Å²) in [5.74, 6) is 0. The Labute approximate surface area is 107 Å². The largest absolute Gasteiger partial charge is 0.488 e. The Morgan fingerprint density at radius 3 is 2.11 bits per heavy atom. The molecule has 0 aromatic heterocycles. The molecule has 0 heterocycles. The Morgan fingerprint density at radius 2 is 1.61 bits per heavy atom. The van der Waals surface area contributed by atoms with E-state index in [9.17, 15) is 0 Å². The van der Waals surface area contributed by atoms with Crippen LogP contribution < -0.4 is 5.46 Å². The van der Waals surface area contributed by atoms with Crippen LogP contribution >= 0.6 is 0 Å². The van der Waals surface area contributed by atoms with Crippen LogP contribution in [0.4, 0.5) is 0 Å². The second-order valence-corrected chi connectivity index (χ2v) is 3.81. The van der Waals surface area contributed by atoms with Gasteiger partial charge in [0.2, 0.25) is 0 Å². The quantitative estimate of drug-likeness (QED) is 0.777. The Morgan fingerprint density at radius 1 is 1.00 bits per heavy atom. The van der Waals surface area contributed by atoms with Gasteiger partial charge in [-0.25, -0.2) is 0 Å². The molecule has 2 aromatic carbocycles. The predicted octanol–water partition coefficient (Wildman–Crippen LogP) is 1.16. The van der Waals surface area contributed by atoms with Crippen LogP contribution in [0.2, 0.25) is 0 Å². The van der Waals surface area contributed by atoms with Crippen molar-refractivity contribution in [3.05, 3.63) is 54.1 Å². The Hall–Kier alpha value is -1.91. The maximum atomic E-state index is 9.07. The summed E-state index contributed by atoms with van der Waals surface area (Å²) >= 11 is 0. The SMILES string of the molecule is C=O.Cc1cc(B(O)O)ccc1-c1ccccc1. The number of hydrogen-bond donors (Lipinski definition) is 2. The van der Waals surface area contributed by atoms with Gasteiger partial charge in [0.25, 0.3) is 0 Å². The Balaban J connectivity index is 0.000000771. The van der Waals surface area contributed by atoms with Crippen LogP contribution in [0.3, 0.4) is 0 Å². The fraction of sp³-hybridized carbons (Fsp3) is 0.0714. The van der Waals surface area contributed by atoms with Gasteiger partial charge in [0.1, 0.15) is 6.79 Å². The number of rotatable bonds is 2. The summed E-state index contributed by atoms with van der Waals surface area (Å²) in [7, 11) is -1.40. The second kappa shape index (κ2) is 6.74. The van der Waals surface area contributed by atoms with Crippen LogP contribution in [0.25, 0.3) is 11.1 Å². The van der Waals surface area contributed by atoms with E-state index in [0.29, 0.717) is 5.46 Å². The van der Waals surface area contributed by atoms with Crippen molar-refractivity contribution in [3.63, 3.8) is 0 Å². The molecule has 0 saturated heterocycles. The number of carbonyl (C=O) groups excluding carboxylic acids is 1. The summed E-state index contributed by atoms with van der Waals surface area (Å²) in [6, 6.07) is 15.5. The predicted molar refractivity (Wildman–Crippen MR) is 73.6 cm³/mol. The van der Waals surface area contributed by atoms with Gasteiger partial charge in [-0.15, -0.1) is 0 Å². The Bertz CT molecular complexity index is 498. The zero-order chi connectivity index (χ0) is 13.5. The third-order valence-electron chi connectivity index (χ3n) is 2.63. The van der Waals surface area contributed by atoms with Gasteiger partial charge in [-0.05, 0) is 29.1 Å². The molecule has 0 bridgehead atoms. The molecule has 4 heteroatoms. The van der Waals surface area contributed by atoms with Crippen LogP contribution in [-0.4, -0.2) is 24.0 Å². The lowest BCUT2D eigenvalue weighted by Crippen LogP contribution is -2.29. The van der Waals surface area contributed by atoms with Gasteiger partial charge in [0, 0.05) is 0 Å². The molecule has 2 rings (SSSR count). The summed E-state index contributed by atoms with van der Waals surface area (Å²) in [5, 5.41) is 18.1. The number of hydrogen-bond acceptors (Lipinski definition) is 3. The molecule has 0 atom stereocenters. The van der Waals surface area contributed by atoms with Gasteiger partial charge >= 0.3 is 7.12 Å². The van der Waals surface area contributed by atoms with E-state index in [1.54, 1.807) is 12.1 Å². The molecule has 0 aliphatic rings. The first-order chi connectivity index (χ1) is 8.68. The lowest BCUT2D eigenvalue weighted by molar-refractivity contribution is -0.0979. The molecule has 2 aromatic rings. The minimum absolute atomic E-state index is 0.525. The van der Waals surface area contributed by atoms with E-state index >= 15 is 0 Å². The summed E-state index contributed by atoms with van der Waals surface area (Å²) in [5.41, 5.74) is 3.82. The van der Waals surface area contributed by atoms with Crippen LogP contribution in [0.15, 0.2) is 48.5 Å². The Kier molecular flexibility index (Phi) is 5.30. The molecule has 0 fully saturated rings. The van der Waals surface area contributed by atoms with Crippen molar-refractivity contribution in [1.29, 1.82) is 0 Å². The van der Waals surface area contributed by atoms with E-state index in [2.05, 4.69) is 0 Å². The highest BCUT2D eigenvalue weighted by Crippen LogP contribution is 2.21. The van der Waals surface area contributed by atoms with Crippen molar-refractivity contribution in [2.45, 2.75) is 6.92 Å². The number of benzene rings is 2. The highest BCUT2D eigenvalue weighted by atomic mass is 16.4. The highest BCUT2D eigenvalue weighted by molar-refractivity contribution is 6.58. The standard InChI is InChI=1S/C13H13BO2.CH2O/c1-10-9-12(14(15)16)7-8-13(10)11-5-3-2-4-6-11;1-2/h2-9,15-16H,1H3;1H2. The highest BCUT2D eigenvalue weighted by Gasteiger charge is 2.12. The van der Waals surface area contributed by atoms with E-state index in [1.807, 2.05) is 50.1 Å². The zero-order valence-electron chi connectivity index (χ0n) is 10.2. The van der Waals surface area contributed by atoms with E-state index < -0.39 is 7.12 Å². The lowest BCUT2D eigenvalue weighted by atomic mass is 9.78. The first-order valence-corrected chi connectivity index (χ1v) is 5.49. The molecular weight excluding hydrogens is 227 g/mol. The third kappa shape index (κ3) is 3.29. The monoisotopic (exact) mass is 242 g/mol. The molecule has 92 valence electrons. The average Bonchev–Trinajstić information content (AvgIpc) is 2.42. The molecule has 0 amide bonds.